The molecule has 1 aliphatic rings. The zero-order chi connectivity index (χ0) is 8.10. The molecule has 0 radical (unpaired) electrons. The molecule has 0 aromatic rings. The largest absolute Gasteiger partial charge is 0.124 e. The molecule has 2 atom stereocenters. The predicted octanol–water partition coefficient (Wildman–Crippen LogP) is 3.25. The molecule has 0 bridgehead atoms. The minimum atomic E-state index is 1.02. The topological polar surface area (TPSA) is 0 Å². The van der Waals surface area contributed by atoms with Crippen molar-refractivity contribution in [3.8, 4) is 0 Å². The maximum absolute atomic E-state index is 2.44. The predicted molar refractivity (Wildman–Crippen MR) is 53.6 cm³/mol. The van der Waals surface area contributed by atoms with E-state index in [1.54, 1.807) is 0 Å². The van der Waals surface area contributed by atoms with Crippen LogP contribution in [0.5, 0.6) is 0 Å². The van der Waals surface area contributed by atoms with E-state index in [1.807, 2.05) is 0 Å². The average Bonchev–Trinajstić information content (AvgIpc) is 2.03. The molecule has 11 heavy (non-hydrogen) atoms. The molecule has 1 fully saturated rings. The lowest BCUT2D eigenvalue weighted by molar-refractivity contribution is 0.382. The lowest BCUT2D eigenvalue weighted by Crippen LogP contribution is -2.16. The van der Waals surface area contributed by atoms with E-state index in [2.05, 4.69) is 13.8 Å². The molecule has 0 saturated heterocycles. The first-order valence-electron chi connectivity index (χ1n) is 5.34. The number of hydrogen-bond donors (Lipinski definition) is 0. The SMILES string of the molecule is CCCBC1CCCCC1C. The highest BCUT2D eigenvalue weighted by molar-refractivity contribution is 6.37. The highest BCUT2D eigenvalue weighted by Crippen LogP contribution is 2.34. The summed E-state index contributed by atoms with van der Waals surface area (Å²) in [5, 5.41) is 0. The van der Waals surface area contributed by atoms with Crippen LogP contribution in [-0.2, 0) is 0 Å². The molecule has 0 spiro atoms. The minimum absolute atomic E-state index is 1.02. The van der Waals surface area contributed by atoms with Crippen LogP contribution in [0.3, 0.4) is 0 Å². The molecule has 2 unspecified atom stereocenters. The molecule has 1 saturated carbocycles. The first-order chi connectivity index (χ1) is 5.34. The van der Waals surface area contributed by atoms with Crippen molar-refractivity contribution in [3.05, 3.63) is 0 Å². The molecule has 1 aliphatic carbocycles. The molecule has 0 heterocycles. The molecule has 0 aromatic heterocycles. The molecule has 1 heteroatoms. The summed E-state index contributed by atoms with van der Waals surface area (Å²) in [6.45, 7) is 4.74. The van der Waals surface area contributed by atoms with E-state index >= 15 is 0 Å². The van der Waals surface area contributed by atoms with Gasteiger partial charge in [-0.05, 0) is 5.92 Å². The van der Waals surface area contributed by atoms with Crippen LogP contribution in [0.4, 0.5) is 0 Å². The van der Waals surface area contributed by atoms with Crippen molar-refractivity contribution < 1.29 is 0 Å². The maximum atomic E-state index is 2.44. The van der Waals surface area contributed by atoms with Gasteiger partial charge in [0, 0.05) is 0 Å². The Balaban J connectivity index is 2.18. The zero-order valence-corrected chi connectivity index (χ0v) is 8.10. The third-order valence-electron chi connectivity index (χ3n) is 3.22. The van der Waals surface area contributed by atoms with E-state index in [1.165, 1.54) is 45.7 Å². The van der Waals surface area contributed by atoms with Crippen molar-refractivity contribution in [2.24, 2.45) is 5.92 Å². The highest BCUT2D eigenvalue weighted by atomic mass is 14.2. The van der Waals surface area contributed by atoms with Crippen molar-refractivity contribution in [2.45, 2.75) is 58.1 Å². The Hall–Kier alpha value is 0.0649. The normalized spacial score (nSPS) is 31.8. The van der Waals surface area contributed by atoms with Crippen LogP contribution in [0.1, 0.15) is 46.0 Å². The van der Waals surface area contributed by atoms with Crippen molar-refractivity contribution in [1.29, 1.82) is 0 Å². The Labute approximate surface area is 72.0 Å². The fourth-order valence-electron chi connectivity index (χ4n) is 2.29. The quantitative estimate of drug-likeness (QED) is 0.544. The van der Waals surface area contributed by atoms with Gasteiger partial charge in [0.2, 0.25) is 0 Å². The van der Waals surface area contributed by atoms with Crippen LogP contribution in [0.15, 0.2) is 0 Å². The molecule has 0 aliphatic heterocycles. The van der Waals surface area contributed by atoms with Gasteiger partial charge in [-0.15, -0.1) is 0 Å². The summed E-state index contributed by atoms with van der Waals surface area (Å²) < 4.78 is 0. The standard InChI is InChI=1S/C10H21B/c1-3-8-11-10-7-5-4-6-9(10)2/h9-11H,3-8H2,1-2H3. The van der Waals surface area contributed by atoms with E-state index in [0.29, 0.717) is 0 Å². The number of rotatable bonds is 3. The summed E-state index contributed by atoms with van der Waals surface area (Å²) in [7, 11) is 1.50. The molecule has 0 amide bonds. The van der Waals surface area contributed by atoms with Crippen molar-refractivity contribution in [2.75, 3.05) is 0 Å². The van der Waals surface area contributed by atoms with Gasteiger partial charge in [0.1, 0.15) is 7.28 Å². The first kappa shape index (κ1) is 9.16. The summed E-state index contributed by atoms with van der Waals surface area (Å²) in [4.78, 5) is 0. The van der Waals surface area contributed by atoms with Crippen LogP contribution in [0.25, 0.3) is 0 Å². The Morgan fingerprint density at radius 3 is 2.64 bits per heavy atom. The highest BCUT2D eigenvalue weighted by Gasteiger charge is 2.20. The Bertz CT molecular complexity index is 101. The van der Waals surface area contributed by atoms with Crippen LogP contribution < -0.4 is 0 Å². The van der Waals surface area contributed by atoms with E-state index in [-0.39, 0.29) is 0 Å². The van der Waals surface area contributed by atoms with Crippen molar-refractivity contribution in [1.82, 2.24) is 0 Å². The summed E-state index contributed by atoms with van der Waals surface area (Å²) in [5.74, 6) is 2.10. The second-order valence-corrected chi connectivity index (χ2v) is 4.16. The zero-order valence-electron chi connectivity index (χ0n) is 8.10. The van der Waals surface area contributed by atoms with Gasteiger partial charge in [0.05, 0.1) is 0 Å². The molecule has 64 valence electrons. The van der Waals surface area contributed by atoms with Gasteiger partial charge < -0.3 is 0 Å². The van der Waals surface area contributed by atoms with Gasteiger partial charge in [-0.2, -0.15) is 0 Å². The third-order valence-corrected chi connectivity index (χ3v) is 3.22. The second-order valence-electron chi connectivity index (χ2n) is 4.16. The van der Waals surface area contributed by atoms with Crippen LogP contribution >= 0.6 is 0 Å². The summed E-state index contributed by atoms with van der Waals surface area (Å²) in [6.07, 6.45) is 8.83. The fourth-order valence-corrected chi connectivity index (χ4v) is 2.29. The molecule has 1 rings (SSSR count). The van der Waals surface area contributed by atoms with E-state index < -0.39 is 0 Å². The maximum Gasteiger partial charge on any atom is 0.124 e. The monoisotopic (exact) mass is 152 g/mol. The van der Waals surface area contributed by atoms with E-state index in [0.717, 1.165) is 11.7 Å². The van der Waals surface area contributed by atoms with E-state index in [9.17, 15) is 0 Å². The molecule has 0 nitrogen and oxygen atoms in total. The van der Waals surface area contributed by atoms with Gasteiger partial charge in [0.15, 0.2) is 0 Å². The van der Waals surface area contributed by atoms with Crippen LogP contribution in [-0.4, -0.2) is 7.28 Å². The molecular weight excluding hydrogens is 131 g/mol. The average molecular weight is 152 g/mol. The van der Waals surface area contributed by atoms with Gasteiger partial charge in [-0.25, -0.2) is 0 Å². The van der Waals surface area contributed by atoms with Crippen molar-refractivity contribution >= 4 is 7.28 Å². The van der Waals surface area contributed by atoms with E-state index in [4.69, 9.17) is 0 Å². The summed E-state index contributed by atoms with van der Waals surface area (Å²) >= 11 is 0. The summed E-state index contributed by atoms with van der Waals surface area (Å²) in [5.41, 5.74) is 0. The third kappa shape index (κ3) is 2.88. The second kappa shape index (κ2) is 4.85. The molecule has 0 aromatic carbocycles. The smallest absolute Gasteiger partial charge is 0.0774 e. The Morgan fingerprint density at radius 1 is 1.27 bits per heavy atom. The minimum Gasteiger partial charge on any atom is -0.0774 e. The van der Waals surface area contributed by atoms with Crippen LogP contribution in [0, 0.1) is 5.92 Å². The van der Waals surface area contributed by atoms with Crippen molar-refractivity contribution in [3.63, 3.8) is 0 Å². The van der Waals surface area contributed by atoms with Gasteiger partial charge >= 0.3 is 0 Å². The molecular formula is C10H21B. The van der Waals surface area contributed by atoms with Gasteiger partial charge in [-0.3, -0.25) is 0 Å². The molecule has 0 N–H and O–H groups in total. The summed E-state index contributed by atoms with van der Waals surface area (Å²) in [6, 6.07) is 0. The van der Waals surface area contributed by atoms with Crippen LogP contribution in [0.2, 0.25) is 12.1 Å². The Morgan fingerprint density at radius 2 is 2.00 bits per heavy atom. The Kier molecular flexibility index (Phi) is 4.03. The van der Waals surface area contributed by atoms with Gasteiger partial charge in [0.25, 0.3) is 0 Å². The first-order valence-corrected chi connectivity index (χ1v) is 5.34. The van der Waals surface area contributed by atoms with Gasteiger partial charge in [-0.1, -0.05) is 58.1 Å². The fraction of sp³-hybridized carbons (Fsp3) is 1.00. The number of hydrogen-bond acceptors (Lipinski definition) is 0. The lowest BCUT2D eigenvalue weighted by atomic mass is 9.53. The lowest BCUT2D eigenvalue weighted by Gasteiger charge is -2.27.